The van der Waals surface area contributed by atoms with Crippen molar-refractivity contribution in [3.8, 4) is 0 Å². The number of sulfonamides is 1. The zero-order chi connectivity index (χ0) is 19.7. The van der Waals surface area contributed by atoms with Crippen LogP contribution in [0.2, 0.25) is 0 Å². The van der Waals surface area contributed by atoms with Gasteiger partial charge in [0.05, 0.1) is 4.90 Å². The second-order valence-corrected chi connectivity index (χ2v) is 8.42. The van der Waals surface area contributed by atoms with Gasteiger partial charge in [-0.25, -0.2) is 12.8 Å². The first-order chi connectivity index (χ1) is 13.4. The Morgan fingerprint density at radius 3 is 2.54 bits per heavy atom. The number of aryl methyl sites for hydroxylation is 1. The zero-order valence-electron chi connectivity index (χ0n) is 15.3. The van der Waals surface area contributed by atoms with E-state index in [1.54, 1.807) is 12.1 Å². The predicted molar refractivity (Wildman–Crippen MR) is 105 cm³/mol. The van der Waals surface area contributed by atoms with Crippen molar-refractivity contribution < 1.29 is 12.8 Å². The van der Waals surface area contributed by atoms with E-state index in [2.05, 4.69) is 32.0 Å². The molecule has 2 heterocycles. The third-order valence-electron chi connectivity index (χ3n) is 4.78. The minimum absolute atomic E-state index is 0.0232. The first kappa shape index (κ1) is 18.4. The number of anilines is 2. The molecule has 144 valence electrons. The molecule has 6 nitrogen and oxygen atoms in total. The molecule has 0 unspecified atom stereocenters. The molecule has 0 fully saturated rings. The molecule has 2 aromatic carbocycles. The van der Waals surface area contributed by atoms with Crippen LogP contribution in [0.1, 0.15) is 16.7 Å². The number of aromatic nitrogens is 2. The first-order valence-corrected chi connectivity index (χ1v) is 10.4. The Kier molecular flexibility index (Phi) is 4.72. The van der Waals surface area contributed by atoms with E-state index in [9.17, 15) is 12.8 Å². The first-order valence-electron chi connectivity index (χ1n) is 8.87. The number of nitrogens with one attached hydrogen (secondary N) is 1. The molecule has 0 saturated heterocycles. The average molecular weight is 398 g/mol. The molecule has 3 aromatic rings. The lowest BCUT2D eigenvalue weighted by Crippen LogP contribution is -2.31. The van der Waals surface area contributed by atoms with Gasteiger partial charge in [0.2, 0.25) is 0 Å². The van der Waals surface area contributed by atoms with Crippen molar-refractivity contribution in [2.24, 2.45) is 0 Å². The number of benzene rings is 2. The third-order valence-corrected chi connectivity index (χ3v) is 6.14. The van der Waals surface area contributed by atoms with Gasteiger partial charge in [0, 0.05) is 13.1 Å². The van der Waals surface area contributed by atoms with E-state index in [1.807, 2.05) is 12.1 Å². The summed E-state index contributed by atoms with van der Waals surface area (Å²) in [4.78, 5) is 2.08. The van der Waals surface area contributed by atoms with Crippen molar-refractivity contribution in [3.63, 3.8) is 0 Å². The Labute approximate surface area is 163 Å². The van der Waals surface area contributed by atoms with Gasteiger partial charge in [-0.05, 0) is 60.4 Å². The lowest BCUT2D eigenvalue weighted by atomic mass is 10.00. The summed E-state index contributed by atoms with van der Waals surface area (Å²) in [5.41, 5.74) is 2.85. The molecule has 0 aliphatic carbocycles. The van der Waals surface area contributed by atoms with Gasteiger partial charge in [-0.1, -0.05) is 24.3 Å². The maximum Gasteiger partial charge on any atom is 0.263 e. The topological polar surface area (TPSA) is 75.2 Å². The van der Waals surface area contributed by atoms with Crippen LogP contribution in [0.3, 0.4) is 0 Å². The second kappa shape index (κ2) is 7.20. The van der Waals surface area contributed by atoms with Crippen LogP contribution in [0, 0.1) is 12.7 Å². The fourth-order valence-electron chi connectivity index (χ4n) is 3.22. The summed E-state index contributed by atoms with van der Waals surface area (Å²) in [7, 11) is -3.86. The summed E-state index contributed by atoms with van der Waals surface area (Å²) in [5, 5.41) is 8.18. The van der Waals surface area contributed by atoms with Gasteiger partial charge in [-0.3, -0.25) is 4.72 Å². The highest BCUT2D eigenvalue weighted by Gasteiger charge is 2.19. The van der Waals surface area contributed by atoms with Crippen LogP contribution >= 0.6 is 0 Å². The van der Waals surface area contributed by atoms with Crippen LogP contribution < -0.4 is 9.62 Å². The van der Waals surface area contributed by atoms with Gasteiger partial charge < -0.3 is 4.90 Å². The Balaban J connectivity index is 1.50. The highest BCUT2D eigenvalue weighted by molar-refractivity contribution is 7.92. The number of nitrogens with zero attached hydrogens (tertiary/aromatic N) is 3. The molecule has 1 aliphatic rings. The molecule has 8 heteroatoms. The van der Waals surface area contributed by atoms with Crippen LogP contribution in [-0.4, -0.2) is 25.2 Å². The van der Waals surface area contributed by atoms with E-state index < -0.39 is 15.8 Å². The van der Waals surface area contributed by atoms with Crippen molar-refractivity contribution in [1.29, 1.82) is 0 Å². The molecule has 0 atom stereocenters. The van der Waals surface area contributed by atoms with E-state index in [4.69, 9.17) is 0 Å². The van der Waals surface area contributed by atoms with E-state index in [-0.39, 0.29) is 16.3 Å². The van der Waals surface area contributed by atoms with Crippen LogP contribution in [0.4, 0.5) is 16.0 Å². The molecule has 0 amide bonds. The highest BCUT2D eigenvalue weighted by atomic mass is 32.2. The molecular weight excluding hydrogens is 379 g/mol. The monoisotopic (exact) mass is 398 g/mol. The molecule has 1 aliphatic heterocycles. The fraction of sp³-hybridized carbons (Fsp3) is 0.200. The molecule has 0 radical (unpaired) electrons. The molecule has 1 N–H and O–H groups in total. The van der Waals surface area contributed by atoms with Crippen LogP contribution in [-0.2, 0) is 23.0 Å². The van der Waals surface area contributed by atoms with E-state index in [0.29, 0.717) is 5.82 Å². The van der Waals surface area contributed by atoms with Gasteiger partial charge in [0.15, 0.2) is 11.6 Å². The van der Waals surface area contributed by atoms with E-state index >= 15 is 0 Å². The Morgan fingerprint density at radius 1 is 1.04 bits per heavy atom. The van der Waals surface area contributed by atoms with Gasteiger partial charge in [-0.2, -0.15) is 0 Å². The highest BCUT2D eigenvalue weighted by Crippen LogP contribution is 2.23. The third kappa shape index (κ3) is 3.68. The lowest BCUT2D eigenvalue weighted by Gasteiger charge is -2.29. The van der Waals surface area contributed by atoms with E-state index in [1.165, 1.54) is 30.2 Å². The van der Waals surface area contributed by atoms with Gasteiger partial charge in [-0.15, -0.1) is 10.2 Å². The minimum Gasteiger partial charge on any atom is -0.350 e. The van der Waals surface area contributed by atoms with Crippen molar-refractivity contribution in [2.45, 2.75) is 24.8 Å². The summed E-state index contributed by atoms with van der Waals surface area (Å²) in [5.74, 6) is 0.351. The zero-order valence-corrected chi connectivity index (χ0v) is 16.1. The SMILES string of the molecule is Cc1cc(S(=O)(=O)Nc2ccc(N3CCc4ccccc4C3)nn2)ccc1F. The van der Waals surface area contributed by atoms with Crippen molar-refractivity contribution in [1.82, 2.24) is 10.2 Å². The number of fused-ring (bicyclic) bond motifs is 1. The van der Waals surface area contributed by atoms with Crippen LogP contribution in [0.25, 0.3) is 0 Å². The molecule has 0 bridgehead atoms. The van der Waals surface area contributed by atoms with Gasteiger partial charge >= 0.3 is 0 Å². The predicted octanol–water partition coefficient (Wildman–Crippen LogP) is 3.29. The van der Waals surface area contributed by atoms with E-state index in [0.717, 1.165) is 25.6 Å². The molecule has 28 heavy (non-hydrogen) atoms. The van der Waals surface area contributed by atoms with Crippen molar-refractivity contribution in [2.75, 3.05) is 16.2 Å². The molecule has 0 saturated carbocycles. The van der Waals surface area contributed by atoms with Crippen LogP contribution in [0.15, 0.2) is 59.5 Å². The maximum atomic E-state index is 13.4. The van der Waals surface area contributed by atoms with Crippen LogP contribution in [0.5, 0.6) is 0 Å². The van der Waals surface area contributed by atoms with Crippen molar-refractivity contribution in [3.05, 3.63) is 77.1 Å². The minimum atomic E-state index is -3.86. The Bertz CT molecular complexity index is 1120. The standard InChI is InChI=1S/C20H19FN4O2S/c1-14-12-17(6-7-18(14)21)28(26,27)24-19-8-9-20(23-22-19)25-11-10-15-4-2-3-5-16(15)13-25/h2-9,12H,10-11,13H2,1H3,(H,22,24). The van der Waals surface area contributed by atoms with Crippen molar-refractivity contribution >= 4 is 21.7 Å². The van der Waals surface area contributed by atoms with Gasteiger partial charge in [0.1, 0.15) is 5.82 Å². The summed E-state index contributed by atoms with van der Waals surface area (Å²) in [6, 6.07) is 15.2. The summed E-state index contributed by atoms with van der Waals surface area (Å²) >= 11 is 0. The second-order valence-electron chi connectivity index (χ2n) is 6.73. The molecule has 1 aromatic heterocycles. The summed E-state index contributed by atoms with van der Waals surface area (Å²) in [6.45, 7) is 3.08. The number of rotatable bonds is 4. The molecule has 0 spiro atoms. The average Bonchev–Trinajstić information content (AvgIpc) is 2.70. The maximum absolute atomic E-state index is 13.4. The molecular formula is C20H19FN4O2S. The smallest absolute Gasteiger partial charge is 0.263 e. The Morgan fingerprint density at radius 2 is 1.82 bits per heavy atom. The quantitative estimate of drug-likeness (QED) is 0.730. The van der Waals surface area contributed by atoms with Gasteiger partial charge in [0.25, 0.3) is 10.0 Å². The number of halogens is 1. The number of hydrogen-bond donors (Lipinski definition) is 1. The Hall–Kier alpha value is -3.00. The lowest BCUT2D eigenvalue weighted by molar-refractivity contribution is 0.598. The largest absolute Gasteiger partial charge is 0.350 e. The fourth-order valence-corrected chi connectivity index (χ4v) is 4.30. The summed E-state index contributed by atoms with van der Waals surface area (Å²) < 4.78 is 40.7. The summed E-state index contributed by atoms with van der Waals surface area (Å²) in [6.07, 6.45) is 0.927. The number of hydrogen-bond acceptors (Lipinski definition) is 5. The normalized spacial score (nSPS) is 13.9. The molecule has 4 rings (SSSR count).